The monoisotopic (exact) mass is 252 g/mol. The predicted molar refractivity (Wildman–Crippen MR) is 69.2 cm³/mol. The van der Waals surface area contributed by atoms with Crippen LogP contribution >= 0.6 is 0 Å². The number of carboxylic acid groups (broad SMARTS) is 1. The van der Waals surface area contributed by atoms with Crippen LogP contribution in [-0.4, -0.2) is 59.5 Å². The molecule has 1 saturated heterocycles. The number of hydrogen-bond acceptors (Lipinski definition) is 3. The van der Waals surface area contributed by atoms with E-state index in [9.17, 15) is 9.59 Å². The van der Waals surface area contributed by atoms with Crippen molar-refractivity contribution in [1.82, 2.24) is 9.80 Å². The fourth-order valence-corrected chi connectivity index (χ4v) is 1.90. The van der Waals surface area contributed by atoms with E-state index in [4.69, 9.17) is 5.11 Å². The molecule has 0 spiro atoms. The van der Waals surface area contributed by atoms with E-state index < -0.39 is 5.97 Å². The van der Waals surface area contributed by atoms with Crippen LogP contribution in [0.1, 0.15) is 13.3 Å². The molecule has 1 fully saturated rings. The Kier molecular flexibility index (Phi) is 6.14. The molecule has 100 valence electrons. The van der Waals surface area contributed by atoms with Gasteiger partial charge in [0, 0.05) is 32.3 Å². The molecule has 1 rings (SSSR count). The topological polar surface area (TPSA) is 60.9 Å². The summed E-state index contributed by atoms with van der Waals surface area (Å²) in [6.45, 7) is 4.58. The zero-order chi connectivity index (χ0) is 13.4. The van der Waals surface area contributed by atoms with Crippen molar-refractivity contribution in [2.45, 2.75) is 13.3 Å². The minimum absolute atomic E-state index is 0.00900. The summed E-state index contributed by atoms with van der Waals surface area (Å²) in [6, 6.07) is 0. The third-order valence-electron chi connectivity index (χ3n) is 2.80. The maximum atomic E-state index is 11.8. The molecule has 0 aromatic rings. The number of carbonyl (C=O) groups is 2. The molecule has 5 nitrogen and oxygen atoms in total. The molecule has 18 heavy (non-hydrogen) atoms. The molecular formula is C13H20N2O3. The smallest absolute Gasteiger partial charge is 0.317 e. The summed E-state index contributed by atoms with van der Waals surface area (Å²) in [5, 5.41) is 8.73. The van der Waals surface area contributed by atoms with E-state index in [0.717, 1.165) is 13.0 Å². The van der Waals surface area contributed by atoms with E-state index >= 15 is 0 Å². The normalized spacial score (nSPS) is 18.4. The van der Waals surface area contributed by atoms with Crippen LogP contribution in [0.4, 0.5) is 0 Å². The van der Waals surface area contributed by atoms with Crippen LogP contribution in [0, 0.1) is 0 Å². The van der Waals surface area contributed by atoms with E-state index in [1.54, 1.807) is 17.1 Å². The zero-order valence-electron chi connectivity index (χ0n) is 10.7. The van der Waals surface area contributed by atoms with Crippen LogP contribution in [0.2, 0.25) is 0 Å². The molecule has 0 unspecified atom stereocenters. The lowest BCUT2D eigenvalue weighted by molar-refractivity contribution is -0.138. The molecule has 0 atom stereocenters. The van der Waals surface area contributed by atoms with Crippen LogP contribution in [0.3, 0.4) is 0 Å². The van der Waals surface area contributed by atoms with Gasteiger partial charge in [-0.3, -0.25) is 14.5 Å². The fourth-order valence-electron chi connectivity index (χ4n) is 1.90. The van der Waals surface area contributed by atoms with Crippen molar-refractivity contribution in [2.24, 2.45) is 0 Å². The molecule has 1 N–H and O–H groups in total. The Balaban J connectivity index is 2.46. The van der Waals surface area contributed by atoms with Crippen molar-refractivity contribution < 1.29 is 14.7 Å². The highest BCUT2D eigenvalue weighted by Crippen LogP contribution is 2.04. The summed E-state index contributed by atoms with van der Waals surface area (Å²) in [5.41, 5.74) is 0. The van der Waals surface area contributed by atoms with E-state index in [0.29, 0.717) is 19.6 Å². The molecule has 0 aromatic heterocycles. The third-order valence-corrected chi connectivity index (χ3v) is 2.80. The van der Waals surface area contributed by atoms with Gasteiger partial charge in [0.15, 0.2) is 0 Å². The fraction of sp³-hybridized carbons (Fsp3) is 0.538. The van der Waals surface area contributed by atoms with E-state index in [1.165, 1.54) is 0 Å². The summed E-state index contributed by atoms with van der Waals surface area (Å²) in [4.78, 5) is 26.1. The largest absolute Gasteiger partial charge is 0.480 e. The average molecular weight is 252 g/mol. The Bertz CT molecular complexity index is 350. The number of aliphatic carboxylic acids is 1. The number of carbonyl (C=O) groups excluding carboxylic acids is 1. The quantitative estimate of drug-likeness (QED) is 0.592. The van der Waals surface area contributed by atoms with Gasteiger partial charge >= 0.3 is 5.97 Å². The highest BCUT2D eigenvalue weighted by molar-refractivity contribution is 5.87. The first-order chi connectivity index (χ1) is 8.63. The van der Waals surface area contributed by atoms with Crippen LogP contribution in [0.5, 0.6) is 0 Å². The predicted octanol–water partition coefficient (Wildman–Crippen LogP) is 0.738. The molecule has 5 heteroatoms. The summed E-state index contributed by atoms with van der Waals surface area (Å²) in [5.74, 6) is -0.826. The molecule has 0 aromatic carbocycles. The highest BCUT2D eigenvalue weighted by Gasteiger charge is 2.18. The second-order valence-corrected chi connectivity index (χ2v) is 4.23. The molecule has 1 aliphatic heterocycles. The number of amides is 1. The number of nitrogens with zero attached hydrogens (tertiary/aromatic N) is 2. The number of carboxylic acids is 1. The van der Waals surface area contributed by atoms with Gasteiger partial charge in [0.1, 0.15) is 0 Å². The molecule has 0 radical (unpaired) electrons. The van der Waals surface area contributed by atoms with Crippen molar-refractivity contribution in [3.8, 4) is 0 Å². The second-order valence-electron chi connectivity index (χ2n) is 4.23. The summed E-state index contributed by atoms with van der Waals surface area (Å²) < 4.78 is 0. The Morgan fingerprint density at radius 1 is 1.17 bits per heavy atom. The van der Waals surface area contributed by atoms with Crippen LogP contribution in [0.25, 0.3) is 0 Å². The van der Waals surface area contributed by atoms with Crippen LogP contribution in [-0.2, 0) is 9.59 Å². The molecule has 0 saturated carbocycles. The molecule has 1 heterocycles. The lowest BCUT2D eigenvalue weighted by atomic mass is 10.3. The SMILES string of the molecule is CC=CC=CC(=O)N1CCCN(CC(=O)O)CC1. The van der Waals surface area contributed by atoms with Crippen molar-refractivity contribution in [2.75, 3.05) is 32.7 Å². The highest BCUT2D eigenvalue weighted by atomic mass is 16.4. The van der Waals surface area contributed by atoms with Gasteiger partial charge in [-0.15, -0.1) is 0 Å². The van der Waals surface area contributed by atoms with Crippen molar-refractivity contribution in [3.05, 3.63) is 24.3 Å². The maximum Gasteiger partial charge on any atom is 0.317 e. The Morgan fingerprint density at radius 2 is 1.94 bits per heavy atom. The lowest BCUT2D eigenvalue weighted by Gasteiger charge is -2.19. The summed E-state index contributed by atoms with van der Waals surface area (Å²) >= 11 is 0. The van der Waals surface area contributed by atoms with Gasteiger partial charge in [-0.1, -0.05) is 18.2 Å². The van der Waals surface area contributed by atoms with E-state index in [2.05, 4.69) is 0 Å². The van der Waals surface area contributed by atoms with Gasteiger partial charge in [0.05, 0.1) is 6.54 Å². The summed E-state index contributed by atoms with van der Waals surface area (Å²) in [7, 11) is 0. The zero-order valence-corrected chi connectivity index (χ0v) is 10.7. The maximum absolute atomic E-state index is 11.8. The molecule has 1 amide bonds. The van der Waals surface area contributed by atoms with Gasteiger partial charge in [0.25, 0.3) is 0 Å². The van der Waals surface area contributed by atoms with E-state index in [1.807, 2.05) is 24.0 Å². The average Bonchev–Trinajstić information content (AvgIpc) is 2.54. The van der Waals surface area contributed by atoms with Gasteiger partial charge in [0.2, 0.25) is 5.91 Å². The van der Waals surface area contributed by atoms with Crippen LogP contribution < -0.4 is 0 Å². The van der Waals surface area contributed by atoms with Crippen LogP contribution in [0.15, 0.2) is 24.3 Å². The first-order valence-corrected chi connectivity index (χ1v) is 6.16. The molecule has 0 bridgehead atoms. The van der Waals surface area contributed by atoms with Gasteiger partial charge in [-0.05, 0) is 13.3 Å². The molecule has 0 aliphatic carbocycles. The van der Waals surface area contributed by atoms with E-state index in [-0.39, 0.29) is 12.5 Å². The Morgan fingerprint density at radius 3 is 2.61 bits per heavy atom. The minimum atomic E-state index is -0.817. The number of allylic oxidation sites excluding steroid dienone is 3. The first-order valence-electron chi connectivity index (χ1n) is 6.16. The number of hydrogen-bond donors (Lipinski definition) is 1. The van der Waals surface area contributed by atoms with Gasteiger partial charge in [-0.25, -0.2) is 0 Å². The van der Waals surface area contributed by atoms with Crippen molar-refractivity contribution >= 4 is 11.9 Å². The third kappa shape index (κ3) is 5.14. The standard InChI is InChI=1S/C13H20N2O3/c1-2-3-4-6-12(16)15-8-5-7-14(9-10-15)11-13(17)18/h2-4,6H,5,7-11H2,1H3,(H,17,18). The minimum Gasteiger partial charge on any atom is -0.480 e. The lowest BCUT2D eigenvalue weighted by Crippen LogP contribution is -2.36. The molecule has 1 aliphatic rings. The van der Waals surface area contributed by atoms with Crippen molar-refractivity contribution in [3.63, 3.8) is 0 Å². The van der Waals surface area contributed by atoms with Gasteiger partial charge < -0.3 is 10.0 Å². The Labute approximate surface area is 107 Å². The van der Waals surface area contributed by atoms with Gasteiger partial charge in [-0.2, -0.15) is 0 Å². The second kappa shape index (κ2) is 7.66. The number of rotatable bonds is 4. The summed E-state index contributed by atoms with van der Waals surface area (Å²) in [6.07, 6.45) is 7.76. The molecular weight excluding hydrogens is 232 g/mol. The van der Waals surface area contributed by atoms with Crippen molar-refractivity contribution in [1.29, 1.82) is 0 Å². The Hall–Kier alpha value is -1.62. The first kappa shape index (κ1) is 14.4.